The summed E-state index contributed by atoms with van der Waals surface area (Å²) in [6, 6.07) is 5.50. The Morgan fingerprint density at radius 1 is 1.21 bits per heavy atom. The van der Waals surface area contributed by atoms with E-state index in [1.165, 1.54) is 25.1 Å². The van der Waals surface area contributed by atoms with Crippen LogP contribution in [0.25, 0.3) is 0 Å². The molecule has 0 heterocycles. The number of Topliss-reactive ketones (excluding diaryl/α,β-unsaturated/α-hetero) is 1. The van der Waals surface area contributed by atoms with Gasteiger partial charge in [-0.1, -0.05) is 18.2 Å². The highest BCUT2D eigenvalue weighted by molar-refractivity contribution is 6.02. The SMILES string of the molecule is COC(=O)[C@@H]1C(=O)C[C@](C)(O)[C@H](C(=O)OC)[C@@H]1c1ccccc1F. The first-order valence-electron chi connectivity index (χ1n) is 7.39. The Bertz CT molecular complexity index is 669. The normalized spacial score (nSPS) is 29.9. The van der Waals surface area contributed by atoms with Crippen LogP contribution < -0.4 is 0 Å². The summed E-state index contributed by atoms with van der Waals surface area (Å²) in [7, 11) is 2.23. The molecular weight excluding hydrogens is 319 g/mol. The van der Waals surface area contributed by atoms with Crippen molar-refractivity contribution in [3.05, 3.63) is 35.6 Å². The van der Waals surface area contributed by atoms with Crippen LogP contribution >= 0.6 is 0 Å². The lowest BCUT2D eigenvalue weighted by molar-refractivity contribution is -0.170. The molecule has 6 nitrogen and oxygen atoms in total. The molecule has 1 N–H and O–H groups in total. The second-order valence-corrected chi connectivity index (χ2v) is 6.05. The maximum atomic E-state index is 14.3. The van der Waals surface area contributed by atoms with Crippen molar-refractivity contribution in [1.29, 1.82) is 0 Å². The molecule has 0 bridgehead atoms. The molecule has 1 aromatic rings. The molecule has 130 valence electrons. The number of esters is 2. The number of ether oxygens (including phenoxy) is 2. The minimum Gasteiger partial charge on any atom is -0.469 e. The van der Waals surface area contributed by atoms with E-state index in [9.17, 15) is 23.9 Å². The average Bonchev–Trinajstić information content (AvgIpc) is 2.52. The third kappa shape index (κ3) is 3.03. The van der Waals surface area contributed by atoms with Crippen molar-refractivity contribution < 1.29 is 33.4 Å². The van der Waals surface area contributed by atoms with Gasteiger partial charge in [0.15, 0.2) is 5.78 Å². The summed E-state index contributed by atoms with van der Waals surface area (Å²) in [5, 5.41) is 10.6. The molecule has 2 rings (SSSR count). The van der Waals surface area contributed by atoms with Crippen molar-refractivity contribution in [2.45, 2.75) is 24.9 Å². The molecule has 0 amide bonds. The zero-order valence-electron chi connectivity index (χ0n) is 13.6. The van der Waals surface area contributed by atoms with Gasteiger partial charge < -0.3 is 14.6 Å². The number of hydrogen-bond donors (Lipinski definition) is 1. The molecule has 0 aromatic heterocycles. The Labute approximate surface area is 138 Å². The number of rotatable bonds is 3. The molecule has 0 aliphatic heterocycles. The molecule has 1 aliphatic carbocycles. The minimum absolute atomic E-state index is 0.0170. The third-order valence-electron chi connectivity index (χ3n) is 4.44. The lowest BCUT2D eigenvalue weighted by Gasteiger charge is -2.43. The Balaban J connectivity index is 2.68. The molecule has 1 aliphatic rings. The van der Waals surface area contributed by atoms with Gasteiger partial charge in [0, 0.05) is 12.3 Å². The van der Waals surface area contributed by atoms with E-state index in [1.54, 1.807) is 0 Å². The molecule has 1 fully saturated rings. The Hall–Kier alpha value is -2.28. The predicted molar refractivity (Wildman–Crippen MR) is 80.4 cm³/mol. The van der Waals surface area contributed by atoms with Crippen molar-refractivity contribution in [3.8, 4) is 0 Å². The monoisotopic (exact) mass is 338 g/mol. The summed E-state index contributed by atoms with van der Waals surface area (Å²) in [5.41, 5.74) is -1.79. The molecule has 4 atom stereocenters. The highest BCUT2D eigenvalue weighted by atomic mass is 19.1. The highest BCUT2D eigenvalue weighted by Gasteiger charge is 2.57. The lowest BCUT2D eigenvalue weighted by atomic mass is 9.61. The first-order chi connectivity index (χ1) is 11.2. The molecule has 0 radical (unpaired) electrons. The number of hydrogen-bond acceptors (Lipinski definition) is 6. The van der Waals surface area contributed by atoms with Crippen molar-refractivity contribution >= 4 is 17.7 Å². The van der Waals surface area contributed by atoms with Crippen molar-refractivity contribution in [2.75, 3.05) is 14.2 Å². The third-order valence-corrected chi connectivity index (χ3v) is 4.44. The van der Waals surface area contributed by atoms with Crippen LogP contribution in [0.4, 0.5) is 4.39 Å². The Kier molecular flexibility index (Phi) is 5.03. The van der Waals surface area contributed by atoms with E-state index in [-0.39, 0.29) is 5.56 Å². The summed E-state index contributed by atoms with van der Waals surface area (Å²) < 4.78 is 23.7. The molecule has 0 unspecified atom stereocenters. The second-order valence-electron chi connectivity index (χ2n) is 6.05. The van der Waals surface area contributed by atoms with E-state index >= 15 is 0 Å². The molecule has 0 spiro atoms. The summed E-state index contributed by atoms with van der Waals surface area (Å²) in [6.45, 7) is 1.30. The summed E-state index contributed by atoms with van der Waals surface area (Å²) in [4.78, 5) is 36.8. The van der Waals surface area contributed by atoms with E-state index in [1.807, 2.05) is 0 Å². The van der Waals surface area contributed by atoms with Crippen LogP contribution in [0.3, 0.4) is 0 Å². The lowest BCUT2D eigenvalue weighted by Crippen LogP contribution is -2.55. The standard InChI is InChI=1S/C17H19FO6/c1-17(22)8-11(19)13(15(20)23-2)12(14(17)16(21)24-3)9-6-4-5-7-10(9)18/h4-7,12-14,22H,8H2,1-3H3/t12-,13-,14+,17+/m1/s1. The van der Waals surface area contributed by atoms with Gasteiger partial charge in [-0.2, -0.15) is 0 Å². The van der Waals surface area contributed by atoms with Crippen molar-refractivity contribution in [1.82, 2.24) is 0 Å². The van der Waals surface area contributed by atoms with E-state index in [0.717, 1.165) is 20.3 Å². The number of ketones is 1. The van der Waals surface area contributed by atoms with Gasteiger partial charge in [0.1, 0.15) is 11.7 Å². The van der Waals surface area contributed by atoms with Gasteiger partial charge in [-0.25, -0.2) is 4.39 Å². The van der Waals surface area contributed by atoms with Crippen LogP contribution in [0.15, 0.2) is 24.3 Å². The number of carbonyl (C=O) groups is 3. The van der Waals surface area contributed by atoms with Crippen molar-refractivity contribution in [2.24, 2.45) is 11.8 Å². The quantitative estimate of drug-likeness (QED) is 0.658. The molecule has 7 heteroatoms. The van der Waals surface area contributed by atoms with E-state index in [0.29, 0.717) is 0 Å². The summed E-state index contributed by atoms with van der Waals surface area (Å²) in [5.74, 6) is -6.90. The van der Waals surface area contributed by atoms with Gasteiger partial charge in [-0.15, -0.1) is 0 Å². The Morgan fingerprint density at radius 3 is 2.33 bits per heavy atom. The fraction of sp³-hybridized carbons (Fsp3) is 0.471. The predicted octanol–water partition coefficient (Wildman–Crippen LogP) is 1.21. The minimum atomic E-state index is -1.78. The summed E-state index contributed by atoms with van der Waals surface area (Å²) in [6.07, 6.45) is -0.433. The number of benzene rings is 1. The largest absolute Gasteiger partial charge is 0.469 e. The number of aliphatic hydroxyl groups is 1. The van der Waals surface area contributed by atoms with Crippen LogP contribution in [0.5, 0.6) is 0 Å². The number of methoxy groups -OCH3 is 2. The van der Waals surface area contributed by atoms with Crippen LogP contribution in [-0.4, -0.2) is 42.6 Å². The van der Waals surface area contributed by atoms with Crippen LogP contribution in [-0.2, 0) is 23.9 Å². The first-order valence-corrected chi connectivity index (χ1v) is 7.39. The Morgan fingerprint density at radius 2 is 1.79 bits per heavy atom. The second kappa shape index (κ2) is 6.68. The van der Waals surface area contributed by atoms with Crippen molar-refractivity contribution in [3.63, 3.8) is 0 Å². The highest BCUT2D eigenvalue weighted by Crippen LogP contribution is 2.47. The maximum Gasteiger partial charge on any atom is 0.316 e. The van der Waals surface area contributed by atoms with Gasteiger partial charge >= 0.3 is 11.9 Å². The van der Waals surface area contributed by atoms with Gasteiger partial charge in [0.2, 0.25) is 0 Å². The summed E-state index contributed by atoms with van der Waals surface area (Å²) >= 11 is 0. The van der Waals surface area contributed by atoms with Crippen LogP contribution in [0.1, 0.15) is 24.8 Å². The molecule has 24 heavy (non-hydrogen) atoms. The average molecular weight is 338 g/mol. The fourth-order valence-electron chi connectivity index (χ4n) is 3.39. The molecular formula is C17H19FO6. The molecule has 0 saturated heterocycles. The van der Waals surface area contributed by atoms with E-state index in [2.05, 4.69) is 4.74 Å². The molecule has 1 saturated carbocycles. The van der Waals surface area contributed by atoms with Crippen LogP contribution in [0.2, 0.25) is 0 Å². The zero-order chi connectivity index (χ0) is 18.1. The van der Waals surface area contributed by atoms with Gasteiger partial charge in [-0.3, -0.25) is 14.4 Å². The first kappa shape index (κ1) is 18.1. The zero-order valence-corrected chi connectivity index (χ0v) is 13.6. The van der Waals surface area contributed by atoms with Gasteiger partial charge in [0.05, 0.1) is 25.7 Å². The number of halogens is 1. The molecule has 1 aromatic carbocycles. The smallest absolute Gasteiger partial charge is 0.316 e. The topological polar surface area (TPSA) is 89.9 Å². The van der Waals surface area contributed by atoms with E-state index < -0.39 is 53.3 Å². The number of carbonyl (C=O) groups excluding carboxylic acids is 3. The maximum absolute atomic E-state index is 14.3. The van der Waals surface area contributed by atoms with Crippen LogP contribution in [0, 0.1) is 17.7 Å². The fourth-order valence-corrected chi connectivity index (χ4v) is 3.39. The van der Waals surface area contributed by atoms with E-state index in [4.69, 9.17) is 4.74 Å². The van der Waals surface area contributed by atoms with Gasteiger partial charge in [-0.05, 0) is 18.6 Å². The van der Waals surface area contributed by atoms with Gasteiger partial charge in [0.25, 0.3) is 0 Å².